The van der Waals surface area contributed by atoms with Crippen molar-refractivity contribution in [2.24, 2.45) is 0 Å². The van der Waals surface area contributed by atoms with Gasteiger partial charge in [-0.1, -0.05) is 23.9 Å². The van der Waals surface area contributed by atoms with Crippen molar-refractivity contribution in [1.29, 1.82) is 0 Å². The molecule has 156 valence electrons. The average Bonchev–Trinajstić information content (AvgIpc) is 3.55. The van der Waals surface area contributed by atoms with Crippen LogP contribution >= 0.6 is 11.8 Å². The van der Waals surface area contributed by atoms with Crippen LogP contribution in [0.2, 0.25) is 0 Å². The molecule has 2 aromatic heterocycles. The second-order valence-electron chi connectivity index (χ2n) is 7.18. The van der Waals surface area contributed by atoms with Gasteiger partial charge in [0.15, 0.2) is 11.0 Å². The van der Waals surface area contributed by atoms with E-state index in [9.17, 15) is 4.79 Å². The summed E-state index contributed by atoms with van der Waals surface area (Å²) < 4.78 is 7.26. The fourth-order valence-electron chi connectivity index (χ4n) is 3.34. The molecule has 0 N–H and O–H groups in total. The number of nitrogens with zero attached hydrogens (tertiary/aromatic N) is 5. The minimum absolute atomic E-state index is 0.134. The molecule has 7 nitrogen and oxygen atoms in total. The quantitative estimate of drug-likeness (QED) is 0.489. The van der Waals surface area contributed by atoms with Gasteiger partial charge in [0.25, 0.3) is 0 Å². The number of aromatic nitrogens is 4. The zero-order chi connectivity index (χ0) is 20.9. The zero-order valence-corrected chi connectivity index (χ0v) is 18.0. The van der Waals surface area contributed by atoms with Gasteiger partial charge in [-0.2, -0.15) is 0 Å². The predicted molar refractivity (Wildman–Crippen MR) is 116 cm³/mol. The number of benzene rings is 1. The molecule has 0 saturated heterocycles. The van der Waals surface area contributed by atoms with E-state index in [0.717, 1.165) is 47.2 Å². The van der Waals surface area contributed by atoms with Gasteiger partial charge in [0.2, 0.25) is 5.91 Å². The maximum absolute atomic E-state index is 13.0. The lowest BCUT2D eigenvalue weighted by molar-refractivity contribution is -0.129. The molecule has 4 rings (SSSR count). The molecule has 2 heterocycles. The third-order valence-corrected chi connectivity index (χ3v) is 6.07. The molecule has 3 aromatic rings. The third kappa shape index (κ3) is 4.64. The van der Waals surface area contributed by atoms with Crippen LogP contribution in [0.15, 0.2) is 53.9 Å². The molecular formula is C22H25N5O2S. The van der Waals surface area contributed by atoms with Crippen molar-refractivity contribution in [3.05, 3.63) is 54.4 Å². The Hall–Kier alpha value is -2.87. The molecule has 0 spiro atoms. The van der Waals surface area contributed by atoms with E-state index < -0.39 is 0 Å². The lowest BCUT2D eigenvalue weighted by atomic mass is 10.2. The van der Waals surface area contributed by atoms with Gasteiger partial charge in [-0.15, -0.1) is 10.2 Å². The Morgan fingerprint density at radius 3 is 2.53 bits per heavy atom. The maximum atomic E-state index is 13.0. The van der Waals surface area contributed by atoms with Crippen molar-refractivity contribution < 1.29 is 9.53 Å². The normalized spacial score (nSPS) is 13.3. The molecule has 1 aliphatic rings. The van der Waals surface area contributed by atoms with Crippen molar-refractivity contribution >= 4 is 17.7 Å². The standard InChI is InChI=1S/C22H25N5O2S/c1-3-26-21(17-10-12-23-13-11-17)24-25-22(26)30-15-20(28)27(18-6-7-18)14-16-4-8-19(29-2)9-5-16/h4-5,8-13,18H,3,6-7,14-15H2,1-2H3. The summed E-state index contributed by atoms with van der Waals surface area (Å²) >= 11 is 1.45. The highest BCUT2D eigenvalue weighted by Gasteiger charge is 2.32. The van der Waals surface area contributed by atoms with Gasteiger partial charge >= 0.3 is 0 Å². The van der Waals surface area contributed by atoms with Gasteiger partial charge in [0.1, 0.15) is 5.75 Å². The van der Waals surface area contributed by atoms with Crippen LogP contribution in [-0.4, -0.2) is 49.5 Å². The van der Waals surface area contributed by atoms with E-state index in [-0.39, 0.29) is 5.91 Å². The Labute approximate surface area is 180 Å². The summed E-state index contributed by atoms with van der Waals surface area (Å²) in [6.07, 6.45) is 5.63. The van der Waals surface area contributed by atoms with E-state index in [4.69, 9.17) is 4.74 Å². The van der Waals surface area contributed by atoms with Crippen LogP contribution < -0.4 is 4.74 Å². The molecule has 1 fully saturated rings. The number of methoxy groups -OCH3 is 1. The number of amides is 1. The fourth-order valence-corrected chi connectivity index (χ4v) is 4.23. The zero-order valence-electron chi connectivity index (χ0n) is 17.2. The average molecular weight is 424 g/mol. The van der Waals surface area contributed by atoms with Crippen LogP contribution in [0, 0.1) is 0 Å². The van der Waals surface area contributed by atoms with E-state index >= 15 is 0 Å². The van der Waals surface area contributed by atoms with E-state index in [0.29, 0.717) is 18.3 Å². The summed E-state index contributed by atoms with van der Waals surface area (Å²) in [5.41, 5.74) is 2.08. The molecule has 1 amide bonds. The summed E-state index contributed by atoms with van der Waals surface area (Å²) in [7, 11) is 1.65. The van der Waals surface area contributed by atoms with E-state index in [1.165, 1.54) is 11.8 Å². The van der Waals surface area contributed by atoms with Gasteiger partial charge < -0.3 is 14.2 Å². The number of carbonyl (C=O) groups is 1. The highest BCUT2D eigenvalue weighted by Crippen LogP contribution is 2.30. The van der Waals surface area contributed by atoms with Crippen LogP contribution in [0.4, 0.5) is 0 Å². The number of hydrogen-bond donors (Lipinski definition) is 0. The monoisotopic (exact) mass is 423 g/mol. The van der Waals surface area contributed by atoms with Crippen LogP contribution in [-0.2, 0) is 17.9 Å². The van der Waals surface area contributed by atoms with Gasteiger partial charge in [0.05, 0.1) is 12.9 Å². The van der Waals surface area contributed by atoms with Crippen LogP contribution in [0.1, 0.15) is 25.3 Å². The minimum atomic E-state index is 0.134. The summed E-state index contributed by atoms with van der Waals surface area (Å²) in [5, 5.41) is 9.43. The number of ether oxygens (including phenoxy) is 1. The molecule has 1 aliphatic carbocycles. The minimum Gasteiger partial charge on any atom is -0.497 e. The first-order valence-corrected chi connectivity index (χ1v) is 11.1. The second kappa shape index (κ2) is 9.30. The number of thioether (sulfide) groups is 1. The van der Waals surface area contributed by atoms with Gasteiger partial charge in [0, 0.05) is 37.1 Å². The fraction of sp³-hybridized carbons (Fsp3) is 0.364. The summed E-state index contributed by atoms with van der Waals surface area (Å²) in [5.74, 6) is 2.10. The Balaban J connectivity index is 1.43. The topological polar surface area (TPSA) is 73.1 Å². The summed E-state index contributed by atoms with van der Waals surface area (Å²) in [4.78, 5) is 19.1. The molecule has 30 heavy (non-hydrogen) atoms. The number of pyridine rings is 1. The lowest BCUT2D eigenvalue weighted by Gasteiger charge is -2.22. The van der Waals surface area contributed by atoms with Gasteiger partial charge in [-0.25, -0.2) is 0 Å². The van der Waals surface area contributed by atoms with Crippen LogP contribution in [0.25, 0.3) is 11.4 Å². The number of carbonyl (C=O) groups excluding carboxylic acids is 1. The van der Waals surface area contributed by atoms with Crippen molar-refractivity contribution in [2.75, 3.05) is 12.9 Å². The smallest absolute Gasteiger partial charge is 0.233 e. The lowest BCUT2D eigenvalue weighted by Crippen LogP contribution is -2.34. The second-order valence-corrected chi connectivity index (χ2v) is 8.12. The molecular weight excluding hydrogens is 398 g/mol. The van der Waals surface area contributed by atoms with Crippen LogP contribution in [0.3, 0.4) is 0 Å². The first-order valence-electron chi connectivity index (χ1n) is 10.1. The largest absolute Gasteiger partial charge is 0.497 e. The molecule has 0 unspecified atom stereocenters. The Morgan fingerprint density at radius 1 is 1.17 bits per heavy atom. The molecule has 0 atom stereocenters. The predicted octanol–water partition coefficient (Wildman–Crippen LogP) is 3.65. The summed E-state index contributed by atoms with van der Waals surface area (Å²) in [6, 6.07) is 12.1. The molecule has 1 saturated carbocycles. The Kier molecular flexibility index (Phi) is 6.32. The maximum Gasteiger partial charge on any atom is 0.233 e. The summed E-state index contributed by atoms with van der Waals surface area (Å²) in [6.45, 7) is 3.41. The molecule has 8 heteroatoms. The van der Waals surface area contributed by atoms with Crippen molar-refractivity contribution in [2.45, 2.75) is 44.1 Å². The molecule has 0 aliphatic heterocycles. The highest BCUT2D eigenvalue weighted by atomic mass is 32.2. The number of hydrogen-bond acceptors (Lipinski definition) is 6. The third-order valence-electron chi connectivity index (χ3n) is 5.12. The van der Waals surface area contributed by atoms with Gasteiger partial charge in [-0.3, -0.25) is 9.78 Å². The number of rotatable bonds is 9. The van der Waals surface area contributed by atoms with E-state index in [1.54, 1.807) is 19.5 Å². The first-order chi connectivity index (χ1) is 14.7. The molecule has 0 bridgehead atoms. The first kappa shape index (κ1) is 20.4. The highest BCUT2D eigenvalue weighted by molar-refractivity contribution is 7.99. The Bertz CT molecular complexity index is 987. The van der Waals surface area contributed by atoms with E-state index in [2.05, 4.69) is 22.1 Å². The molecule has 1 aromatic carbocycles. The molecule has 0 radical (unpaired) electrons. The van der Waals surface area contributed by atoms with E-state index in [1.807, 2.05) is 45.9 Å². The van der Waals surface area contributed by atoms with Crippen molar-refractivity contribution in [3.63, 3.8) is 0 Å². The SMILES string of the molecule is CCn1c(SCC(=O)N(Cc2ccc(OC)cc2)C2CC2)nnc1-c1ccncc1. The van der Waals surface area contributed by atoms with Crippen molar-refractivity contribution in [3.8, 4) is 17.1 Å². The Morgan fingerprint density at radius 2 is 1.90 bits per heavy atom. The van der Waals surface area contributed by atoms with Crippen LogP contribution in [0.5, 0.6) is 5.75 Å². The van der Waals surface area contributed by atoms with Crippen molar-refractivity contribution in [1.82, 2.24) is 24.6 Å². The van der Waals surface area contributed by atoms with Gasteiger partial charge in [-0.05, 0) is 49.6 Å².